The van der Waals surface area contributed by atoms with E-state index in [0.29, 0.717) is 12.5 Å². The molecule has 0 fully saturated rings. The zero-order valence-electron chi connectivity index (χ0n) is 7.53. The quantitative estimate of drug-likeness (QED) is 0.737. The lowest BCUT2D eigenvalue weighted by Gasteiger charge is -2.10. The van der Waals surface area contributed by atoms with Gasteiger partial charge in [-0.25, -0.2) is 4.98 Å². The highest BCUT2D eigenvalue weighted by Gasteiger charge is 1.98. The molecule has 0 aliphatic rings. The van der Waals surface area contributed by atoms with Gasteiger partial charge in [0.25, 0.3) is 0 Å². The van der Waals surface area contributed by atoms with Gasteiger partial charge in [0.05, 0.1) is 12.4 Å². The Labute approximate surface area is 72.3 Å². The lowest BCUT2D eigenvalue weighted by atomic mass is 10.3. The Bertz CT molecular complexity index is 234. The third-order valence-corrected chi connectivity index (χ3v) is 1.74. The highest BCUT2D eigenvalue weighted by Crippen LogP contribution is 2.00. The molecule has 0 amide bonds. The number of hydrogen-bond acceptors (Lipinski definition) is 3. The average molecular weight is 169 g/mol. The van der Waals surface area contributed by atoms with Crippen LogP contribution in [0.2, 0.25) is 0 Å². The van der Waals surface area contributed by atoms with E-state index in [4.69, 9.17) is 10.5 Å². The maximum atomic E-state index is 5.46. The Morgan fingerprint density at radius 1 is 1.75 bits per heavy atom. The maximum absolute atomic E-state index is 5.46. The number of nitrogens with zero attached hydrogens (tertiary/aromatic N) is 2. The SMILES string of the molecule is CCC(C)OCn1cnc(N)c1. The molecule has 0 radical (unpaired) electrons. The van der Waals surface area contributed by atoms with Crippen LogP contribution in [0.25, 0.3) is 0 Å². The van der Waals surface area contributed by atoms with E-state index in [2.05, 4.69) is 11.9 Å². The molecule has 0 spiro atoms. The van der Waals surface area contributed by atoms with Crippen molar-refractivity contribution >= 4 is 5.82 Å². The van der Waals surface area contributed by atoms with Crippen molar-refractivity contribution in [3.63, 3.8) is 0 Å². The third-order valence-electron chi connectivity index (χ3n) is 1.74. The van der Waals surface area contributed by atoms with Crippen LogP contribution in [-0.2, 0) is 11.5 Å². The summed E-state index contributed by atoms with van der Waals surface area (Å²) in [5, 5.41) is 0. The number of hydrogen-bond donors (Lipinski definition) is 1. The summed E-state index contributed by atoms with van der Waals surface area (Å²) >= 11 is 0. The molecule has 0 aliphatic heterocycles. The zero-order valence-corrected chi connectivity index (χ0v) is 7.53. The number of anilines is 1. The first-order valence-corrected chi connectivity index (χ1v) is 4.11. The summed E-state index contributed by atoms with van der Waals surface area (Å²) in [7, 11) is 0. The van der Waals surface area contributed by atoms with E-state index in [0.717, 1.165) is 6.42 Å². The minimum atomic E-state index is 0.286. The van der Waals surface area contributed by atoms with Crippen molar-refractivity contribution in [2.75, 3.05) is 5.73 Å². The van der Waals surface area contributed by atoms with Crippen LogP contribution in [0.5, 0.6) is 0 Å². The van der Waals surface area contributed by atoms with Crippen molar-refractivity contribution in [1.82, 2.24) is 9.55 Å². The predicted molar refractivity (Wildman–Crippen MR) is 47.5 cm³/mol. The van der Waals surface area contributed by atoms with E-state index >= 15 is 0 Å². The maximum Gasteiger partial charge on any atom is 0.141 e. The highest BCUT2D eigenvalue weighted by atomic mass is 16.5. The number of ether oxygens (including phenoxy) is 1. The van der Waals surface area contributed by atoms with Crippen molar-refractivity contribution < 1.29 is 4.74 Å². The lowest BCUT2D eigenvalue weighted by molar-refractivity contribution is 0.0160. The number of nitrogens with two attached hydrogens (primary N) is 1. The second-order valence-electron chi connectivity index (χ2n) is 2.83. The summed E-state index contributed by atoms with van der Waals surface area (Å²) in [6.45, 7) is 4.66. The van der Waals surface area contributed by atoms with Gasteiger partial charge in [0.1, 0.15) is 12.5 Å². The molecule has 4 heteroatoms. The van der Waals surface area contributed by atoms with Gasteiger partial charge in [0.15, 0.2) is 0 Å². The number of rotatable bonds is 4. The number of nitrogen functional groups attached to an aromatic ring is 1. The molecule has 0 saturated carbocycles. The standard InChI is InChI=1S/C8H15N3O/c1-3-7(2)12-6-11-4-8(9)10-5-11/h4-5,7H,3,6,9H2,1-2H3. The monoisotopic (exact) mass is 169 g/mol. The van der Waals surface area contributed by atoms with Crippen molar-refractivity contribution in [1.29, 1.82) is 0 Å². The summed E-state index contributed by atoms with van der Waals surface area (Å²) in [6.07, 6.45) is 4.72. The molecule has 1 atom stereocenters. The molecule has 1 heterocycles. The van der Waals surface area contributed by atoms with Crippen molar-refractivity contribution in [3.05, 3.63) is 12.5 Å². The Morgan fingerprint density at radius 3 is 3.00 bits per heavy atom. The van der Waals surface area contributed by atoms with Gasteiger partial charge in [0, 0.05) is 6.20 Å². The van der Waals surface area contributed by atoms with Crippen LogP contribution in [0.15, 0.2) is 12.5 Å². The average Bonchev–Trinajstić information content (AvgIpc) is 2.47. The summed E-state index contributed by atoms with van der Waals surface area (Å²) in [6, 6.07) is 0. The Hall–Kier alpha value is -1.03. The molecular weight excluding hydrogens is 154 g/mol. The molecule has 0 saturated heterocycles. The predicted octanol–water partition coefficient (Wildman–Crippen LogP) is 1.24. The molecule has 1 rings (SSSR count). The molecular formula is C8H15N3O. The van der Waals surface area contributed by atoms with Gasteiger partial charge in [-0.2, -0.15) is 0 Å². The Morgan fingerprint density at radius 2 is 2.50 bits per heavy atom. The summed E-state index contributed by atoms with van der Waals surface area (Å²) < 4.78 is 7.28. The molecule has 2 N–H and O–H groups in total. The van der Waals surface area contributed by atoms with Crippen LogP contribution >= 0.6 is 0 Å². The van der Waals surface area contributed by atoms with E-state index < -0.39 is 0 Å². The normalized spacial score (nSPS) is 13.2. The fraction of sp³-hybridized carbons (Fsp3) is 0.625. The fourth-order valence-electron chi connectivity index (χ4n) is 0.779. The number of aromatic nitrogens is 2. The summed E-state index contributed by atoms with van der Waals surface area (Å²) in [5.41, 5.74) is 5.43. The molecule has 12 heavy (non-hydrogen) atoms. The molecule has 4 nitrogen and oxygen atoms in total. The van der Waals surface area contributed by atoms with E-state index in [-0.39, 0.29) is 6.10 Å². The van der Waals surface area contributed by atoms with Gasteiger partial charge in [-0.05, 0) is 13.3 Å². The van der Waals surface area contributed by atoms with Crippen molar-refractivity contribution in [3.8, 4) is 0 Å². The van der Waals surface area contributed by atoms with E-state index in [1.807, 2.05) is 11.5 Å². The molecule has 0 aromatic carbocycles. The van der Waals surface area contributed by atoms with Crippen LogP contribution < -0.4 is 5.73 Å². The first kappa shape index (κ1) is 9.06. The van der Waals surface area contributed by atoms with Crippen LogP contribution in [0.1, 0.15) is 20.3 Å². The number of imidazole rings is 1. The Balaban J connectivity index is 2.33. The van der Waals surface area contributed by atoms with E-state index in [1.165, 1.54) is 0 Å². The molecule has 68 valence electrons. The molecule has 0 bridgehead atoms. The lowest BCUT2D eigenvalue weighted by Crippen LogP contribution is -2.09. The second kappa shape index (κ2) is 4.11. The van der Waals surface area contributed by atoms with Crippen molar-refractivity contribution in [2.45, 2.75) is 33.1 Å². The first-order chi connectivity index (χ1) is 5.72. The Kier molecular flexibility index (Phi) is 3.10. The van der Waals surface area contributed by atoms with Gasteiger partial charge >= 0.3 is 0 Å². The minimum Gasteiger partial charge on any atom is -0.382 e. The zero-order chi connectivity index (χ0) is 8.97. The van der Waals surface area contributed by atoms with Crippen LogP contribution in [0.4, 0.5) is 5.82 Å². The van der Waals surface area contributed by atoms with E-state index in [1.54, 1.807) is 12.5 Å². The van der Waals surface area contributed by atoms with Gasteiger partial charge in [-0.15, -0.1) is 0 Å². The first-order valence-electron chi connectivity index (χ1n) is 4.11. The van der Waals surface area contributed by atoms with E-state index in [9.17, 15) is 0 Å². The van der Waals surface area contributed by atoms with Crippen LogP contribution in [0, 0.1) is 0 Å². The summed E-state index contributed by atoms with van der Waals surface area (Å²) in [4.78, 5) is 3.88. The topological polar surface area (TPSA) is 53.1 Å². The second-order valence-corrected chi connectivity index (χ2v) is 2.83. The van der Waals surface area contributed by atoms with Gasteiger partial charge < -0.3 is 15.0 Å². The smallest absolute Gasteiger partial charge is 0.141 e. The summed E-state index contributed by atoms with van der Waals surface area (Å²) in [5.74, 6) is 0.530. The fourth-order valence-corrected chi connectivity index (χ4v) is 0.779. The highest BCUT2D eigenvalue weighted by molar-refractivity contribution is 5.22. The molecule has 1 unspecified atom stereocenters. The van der Waals surface area contributed by atoms with Gasteiger partial charge in [-0.1, -0.05) is 6.92 Å². The molecule has 0 aliphatic carbocycles. The van der Waals surface area contributed by atoms with Crippen LogP contribution in [0.3, 0.4) is 0 Å². The largest absolute Gasteiger partial charge is 0.382 e. The van der Waals surface area contributed by atoms with Gasteiger partial charge in [-0.3, -0.25) is 0 Å². The van der Waals surface area contributed by atoms with Gasteiger partial charge in [0.2, 0.25) is 0 Å². The third kappa shape index (κ3) is 2.54. The van der Waals surface area contributed by atoms with Crippen molar-refractivity contribution in [2.24, 2.45) is 0 Å². The minimum absolute atomic E-state index is 0.286. The molecule has 1 aromatic rings. The molecule has 1 aromatic heterocycles. The van der Waals surface area contributed by atoms with Crippen LogP contribution in [-0.4, -0.2) is 15.7 Å².